The fourth-order valence-corrected chi connectivity index (χ4v) is 2.36. The molecule has 6 heteroatoms. The Balaban J connectivity index is 2.00. The fourth-order valence-electron chi connectivity index (χ4n) is 1.75. The van der Waals surface area contributed by atoms with Crippen LogP contribution in [0.25, 0.3) is 0 Å². The molecule has 0 aliphatic carbocycles. The maximum absolute atomic E-state index is 11.6. The van der Waals surface area contributed by atoms with Crippen LogP contribution >= 0.6 is 15.9 Å². The molecule has 0 unspecified atom stereocenters. The molecule has 110 valence electrons. The van der Waals surface area contributed by atoms with E-state index in [2.05, 4.69) is 21.2 Å². The summed E-state index contributed by atoms with van der Waals surface area (Å²) in [5.74, 6) is 1.39. The third-order valence-corrected chi connectivity index (χ3v) is 3.08. The van der Waals surface area contributed by atoms with Gasteiger partial charge in [-0.05, 0) is 54.4 Å². The molecule has 0 fully saturated rings. The normalized spacial score (nSPS) is 13.8. The van der Waals surface area contributed by atoms with Gasteiger partial charge in [-0.3, -0.25) is 0 Å². The van der Waals surface area contributed by atoms with E-state index in [0.717, 1.165) is 10.0 Å². The minimum Gasteiger partial charge on any atom is -0.486 e. The van der Waals surface area contributed by atoms with E-state index >= 15 is 0 Å². The Morgan fingerprint density at radius 2 is 2.05 bits per heavy atom. The molecule has 1 amide bonds. The van der Waals surface area contributed by atoms with Crippen LogP contribution < -0.4 is 14.8 Å². The van der Waals surface area contributed by atoms with E-state index in [1.54, 1.807) is 0 Å². The summed E-state index contributed by atoms with van der Waals surface area (Å²) in [4.78, 5) is 11.6. The molecule has 2 rings (SSSR count). The lowest BCUT2D eigenvalue weighted by molar-refractivity contribution is 0.0523. The van der Waals surface area contributed by atoms with E-state index in [0.29, 0.717) is 31.3 Å². The lowest BCUT2D eigenvalue weighted by Gasteiger charge is -2.21. The van der Waals surface area contributed by atoms with Gasteiger partial charge in [0, 0.05) is 6.54 Å². The highest BCUT2D eigenvalue weighted by Gasteiger charge is 2.18. The molecular formula is C14H18BrNO4. The van der Waals surface area contributed by atoms with Gasteiger partial charge in [-0.2, -0.15) is 0 Å². The molecule has 1 aromatic rings. The molecule has 1 aromatic carbocycles. The van der Waals surface area contributed by atoms with Crippen LogP contribution in [0.4, 0.5) is 4.79 Å². The zero-order chi connectivity index (χ0) is 14.8. The van der Waals surface area contributed by atoms with Crippen molar-refractivity contribution in [3.05, 3.63) is 22.2 Å². The number of ether oxygens (including phenoxy) is 3. The number of fused-ring (bicyclic) bond motifs is 1. The molecule has 0 aromatic heterocycles. The van der Waals surface area contributed by atoms with Crippen LogP contribution in [0, 0.1) is 0 Å². The maximum Gasteiger partial charge on any atom is 0.407 e. The van der Waals surface area contributed by atoms with Crippen molar-refractivity contribution in [3.63, 3.8) is 0 Å². The first kappa shape index (κ1) is 15.0. The van der Waals surface area contributed by atoms with E-state index in [1.807, 2.05) is 32.9 Å². The number of nitrogens with one attached hydrogen (secondary N) is 1. The number of benzene rings is 1. The van der Waals surface area contributed by atoms with Gasteiger partial charge >= 0.3 is 6.09 Å². The van der Waals surface area contributed by atoms with Crippen molar-refractivity contribution < 1.29 is 19.0 Å². The highest BCUT2D eigenvalue weighted by atomic mass is 79.9. The van der Waals surface area contributed by atoms with E-state index in [9.17, 15) is 4.79 Å². The first-order chi connectivity index (χ1) is 9.35. The second-order valence-electron chi connectivity index (χ2n) is 5.46. The van der Waals surface area contributed by atoms with Crippen LogP contribution in [0.15, 0.2) is 16.6 Å². The molecule has 1 aliphatic heterocycles. The van der Waals surface area contributed by atoms with Crippen LogP contribution in [0.1, 0.15) is 26.3 Å². The SMILES string of the molecule is CC(C)(C)OC(=O)NCc1cc(Br)c2c(c1)OCCO2. The lowest BCUT2D eigenvalue weighted by atomic mass is 10.2. The van der Waals surface area contributed by atoms with E-state index in [-0.39, 0.29) is 0 Å². The predicted octanol–water partition coefficient (Wildman–Crippen LogP) is 3.25. The summed E-state index contributed by atoms with van der Waals surface area (Å²) in [5, 5.41) is 2.71. The first-order valence-electron chi connectivity index (χ1n) is 6.40. The van der Waals surface area contributed by atoms with E-state index < -0.39 is 11.7 Å². The Bertz CT molecular complexity index is 511. The largest absolute Gasteiger partial charge is 0.486 e. The Labute approximate surface area is 126 Å². The molecule has 1 heterocycles. The minimum absolute atomic E-state index is 0.365. The molecule has 0 saturated heterocycles. The lowest BCUT2D eigenvalue weighted by Crippen LogP contribution is -2.32. The minimum atomic E-state index is -0.503. The van der Waals surface area contributed by atoms with Gasteiger partial charge < -0.3 is 19.5 Å². The van der Waals surface area contributed by atoms with Crippen molar-refractivity contribution in [1.29, 1.82) is 0 Å². The first-order valence-corrected chi connectivity index (χ1v) is 7.19. The number of hydrogen-bond acceptors (Lipinski definition) is 4. The molecular weight excluding hydrogens is 326 g/mol. The summed E-state index contributed by atoms with van der Waals surface area (Å²) in [5.41, 5.74) is 0.407. The van der Waals surface area contributed by atoms with Crippen LogP contribution in [-0.2, 0) is 11.3 Å². The van der Waals surface area contributed by atoms with Crippen LogP contribution in [0.2, 0.25) is 0 Å². The van der Waals surface area contributed by atoms with Gasteiger partial charge in [0.15, 0.2) is 11.5 Å². The number of alkyl carbamates (subject to hydrolysis) is 1. The van der Waals surface area contributed by atoms with Crippen LogP contribution in [0.5, 0.6) is 11.5 Å². The highest BCUT2D eigenvalue weighted by Crippen LogP contribution is 2.38. The number of rotatable bonds is 2. The number of carbonyl (C=O) groups excluding carboxylic acids is 1. The number of halogens is 1. The van der Waals surface area contributed by atoms with Gasteiger partial charge in [0.05, 0.1) is 4.47 Å². The smallest absolute Gasteiger partial charge is 0.407 e. The summed E-state index contributed by atoms with van der Waals surface area (Å²) in [6.45, 7) is 6.92. The quantitative estimate of drug-likeness (QED) is 0.895. The standard InChI is InChI=1S/C14H18BrNO4/c1-14(2,3)20-13(17)16-8-9-6-10(15)12-11(7-9)18-4-5-19-12/h6-7H,4-5,8H2,1-3H3,(H,16,17). The summed E-state index contributed by atoms with van der Waals surface area (Å²) in [6.07, 6.45) is -0.441. The number of amides is 1. The van der Waals surface area contributed by atoms with E-state index in [4.69, 9.17) is 14.2 Å². The summed E-state index contributed by atoms with van der Waals surface area (Å²) in [7, 11) is 0. The third-order valence-electron chi connectivity index (χ3n) is 2.49. The number of carbonyl (C=O) groups is 1. The molecule has 0 atom stereocenters. The summed E-state index contributed by atoms with van der Waals surface area (Å²) in [6, 6.07) is 3.75. The van der Waals surface area contributed by atoms with Gasteiger partial charge in [-0.1, -0.05) is 0 Å². The predicted molar refractivity (Wildman–Crippen MR) is 78.2 cm³/mol. The van der Waals surface area contributed by atoms with Crippen molar-refractivity contribution in [2.75, 3.05) is 13.2 Å². The molecule has 1 N–H and O–H groups in total. The van der Waals surface area contributed by atoms with Gasteiger partial charge in [-0.25, -0.2) is 4.79 Å². The Kier molecular flexibility index (Phi) is 4.42. The highest BCUT2D eigenvalue weighted by molar-refractivity contribution is 9.10. The maximum atomic E-state index is 11.6. The summed E-state index contributed by atoms with van der Waals surface area (Å²) < 4.78 is 17.1. The number of hydrogen-bond donors (Lipinski definition) is 1. The second kappa shape index (κ2) is 5.91. The molecule has 0 bridgehead atoms. The molecule has 0 saturated carbocycles. The zero-order valence-corrected chi connectivity index (χ0v) is 13.4. The molecule has 5 nitrogen and oxygen atoms in total. The van der Waals surface area contributed by atoms with Gasteiger partial charge in [0.25, 0.3) is 0 Å². The summed E-state index contributed by atoms with van der Waals surface area (Å²) >= 11 is 3.44. The van der Waals surface area contributed by atoms with Crippen molar-refractivity contribution in [2.24, 2.45) is 0 Å². The molecule has 0 spiro atoms. The van der Waals surface area contributed by atoms with Crippen molar-refractivity contribution >= 4 is 22.0 Å². The van der Waals surface area contributed by atoms with Crippen molar-refractivity contribution in [2.45, 2.75) is 32.9 Å². The van der Waals surface area contributed by atoms with Gasteiger partial charge in [0.2, 0.25) is 0 Å². The van der Waals surface area contributed by atoms with Crippen molar-refractivity contribution in [1.82, 2.24) is 5.32 Å². The topological polar surface area (TPSA) is 56.8 Å². The van der Waals surface area contributed by atoms with Gasteiger partial charge in [0.1, 0.15) is 18.8 Å². The fraction of sp³-hybridized carbons (Fsp3) is 0.500. The van der Waals surface area contributed by atoms with Crippen LogP contribution in [0.3, 0.4) is 0 Å². The Morgan fingerprint density at radius 1 is 1.35 bits per heavy atom. The Hall–Kier alpha value is -1.43. The zero-order valence-electron chi connectivity index (χ0n) is 11.8. The average molecular weight is 344 g/mol. The van der Waals surface area contributed by atoms with E-state index in [1.165, 1.54) is 0 Å². The molecule has 1 aliphatic rings. The molecule has 0 radical (unpaired) electrons. The van der Waals surface area contributed by atoms with Gasteiger partial charge in [-0.15, -0.1) is 0 Å². The Morgan fingerprint density at radius 3 is 2.75 bits per heavy atom. The second-order valence-corrected chi connectivity index (χ2v) is 6.31. The average Bonchev–Trinajstić information content (AvgIpc) is 2.34. The third kappa shape index (κ3) is 4.03. The van der Waals surface area contributed by atoms with Crippen LogP contribution in [-0.4, -0.2) is 24.9 Å². The monoisotopic (exact) mass is 343 g/mol. The van der Waals surface area contributed by atoms with Crippen molar-refractivity contribution in [3.8, 4) is 11.5 Å². The molecule has 20 heavy (non-hydrogen) atoms.